The van der Waals surface area contributed by atoms with Crippen molar-refractivity contribution in [3.05, 3.63) is 65.7 Å². The van der Waals surface area contributed by atoms with Gasteiger partial charge in [0, 0.05) is 5.56 Å². The normalized spacial score (nSPS) is 11.9. The van der Waals surface area contributed by atoms with Gasteiger partial charge >= 0.3 is 0 Å². The summed E-state index contributed by atoms with van der Waals surface area (Å²) in [6.07, 6.45) is 1.90. The van der Waals surface area contributed by atoms with Crippen LogP contribution in [0.3, 0.4) is 0 Å². The molecule has 0 unspecified atom stereocenters. The molecule has 27 heavy (non-hydrogen) atoms. The van der Waals surface area contributed by atoms with Crippen LogP contribution in [0.5, 0.6) is 0 Å². The number of carbonyl (C=O) groups is 1. The maximum Gasteiger partial charge on any atom is 0.277 e. The number of thioether (sulfide) groups is 1. The van der Waals surface area contributed by atoms with Gasteiger partial charge in [0.05, 0.1) is 11.8 Å². The summed E-state index contributed by atoms with van der Waals surface area (Å²) in [7, 11) is 0. The van der Waals surface area contributed by atoms with E-state index in [9.17, 15) is 4.79 Å². The molecule has 0 saturated heterocycles. The Hall–Kier alpha value is -2.60. The fourth-order valence-electron chi connectivity index (χ4n) is 2.85. The fourth-order valence-corrected chi connectivity index (χ4v) is 3.42. The number of aromatic nitrogens is 2. The number of rotatable bonds is 8. The highest BCUT2D eigenvalue weighted by Crippen LogP contribution is 2.25. The quantitative estimate of drug-likeness (QED) is 0.568. The monoisotopic (exact) mass is 381 g/mol. The first-order valence-corrected chi connectivity index (χ1v) is 10.0. The third-order valence-electron chi connectivity index (χ3n) is 4.22. The minimum absolute atomic E-state index is 0.0227. The van der Waals surface area contributed by atoms with E-state index in [1.165, 1.54) is 11.8 Å². The van der Waals surface area contributed by atoms with Crippen LogP contribution in [0.4, 0.5) is 0 Å². The summed E-state index contributed by atoms with van der Waals surface area (Å²) in [5.74, 6) is 0.671. The summed E-state index contributed by atoms with van der Waals surface area (Å²) in [6.45, 7) is 4.11. The molecule has 3 rings (SSSR count). The second kappa shape index (κ2) is 9.37. The first-order valence-electron chi connectivity index (χ1n) is 9.04. The van der Waals surface area contributed by atoms with Crippen LogP contribution in [-0.4, -0.2) is 21.9 Å². The van der Waals surface area contributed by atoms with Crippen molar-refractivity contribution in [2.24, 2.45) is 0 Å². The van der Waals surface area contributed by atoms with Gasteiger partial charge in [0.2, 0.25) is 11.8 Å². The van der Waals surface area contributed by atoms with Gasteiger partial charge in [0.15, 0.2) is 0 Å². The topological polar surface area (TPSA) is 68.0 Å². The van der Waals surface area contributed by atoms with Gasteiger partial charge in [-0.25, -0.2) is 0 Å². The van der Waals surface area contributed by atoms with E-state index >= 15 is 0 Å². The van der Waals surface area contributed by atoms with Crippen molar-refractivity contribution in [3.63, 3.8) is 0 Å². The minimum atomic E-state index is -0.0436. The van der Waals surface area contributed by atoms with E-state index < -0.39 is 0 Å². The molecule has 0 fully saturated rings. The number of hydrogen-bond acceptors (Lipinski definition) is 5. The molecule has 6 heteroatoms. The van der Waals surface area contributed by atoms with E-state index in [1.807, 2.05) is 61.5 Å². The Morgan fingerprint density at radius 3 is 2.59 bits per heavy atom. The Balaban J connectivity index is 1.58. The lowest BCUT2D eigenvalue weighted by atomic mass is 10.0. The lowest BCUT2D eigenvalue weighted by molar-refractivity contribution is -0.119. The van der Waals surface area contributed by atoms with Gasteiger partial charge in [-0.15, -0.1) is 10.2 Å². The lowest BCUT2D eigenvalue weighted by Crippen LogP contribution is -2.29. The number of aryl methyl sites for hydroxylation is 1. The van der Waals surface area contributed by atoms with E-state index in [2.05, 4.69) is 22.4 Å². The Morgan fingerprint density at radius 1 is 1.11 bits per heavy atom. The van der Waals surface area contributed by atoms with Crippen LogP contribution >= 0.6 is 11.8 Å². The second-order valence-electron chi connectivity index (χ2n) is 6.30. The van der Waals surface area contributed by atoms with E-state index in [-0.39, 0.29) is 17.7 Å². The molecule has 1 N–H and O–H groups in total. The van der Waals surface area contributed by atoms with Crippen molar-refractivity contribution in [2.75, 3.05) is 5.75 Å². The molecule has 1 heterocycles. The van der Waals surface area contributed by atoms with Crippen molar-refractivity contribution in [1.82, 2.24) is 15.5 Å². The smallest absolute Gasteiger partial charge is 0.277 e. The fraction of sp³-hybridized carbons (Fsp3) is 0.286. The van der Waals surface area contributed by atoms with Gasteiger partial charge in [-0.05, 0) is 30.5 Å². The molecule has 5 nitrogen and oxygen atoms in total. The Labute approximate surface area is 163 Å². The zero-order valence-corrected chi connectivity index (χ0v) is 16.3. The maximum atomic E-state index is 12.4. The van der Waals surface area contributed by atoms with Gasteiger partial charge in [-0.3, -0.25) is 4.79 Å². The molecule has 0 bridgehead atoms. The molecule has 1 aromatic heterocycles. The number of nitrogens with zero attached hydrogens (tertiary/aromatic N) is 2. The summed E-state index contributed by atoms with van der Waals surface area (Å²) in [4.78, 5) is 12.4. The standard InChI is InChI=1S/C21H23N3O2S/c1-3-9-18(16-11-5-4-6-12-16)22-19(25)14-27-21-24-23-20(26-21)17-13-8-7-10-15(17)2/h4-8,10-13,18H,3,9,14H2,1-2H3,(H,22,25)/t18-/m0/s1. The number of benzene rings is 2. The Kier molecular flexibility index (Phi) is 6.65. The zero-order valence-electron chi connectivity index (χ0n) is 15.5. The molecule has 0 aliphatic carbocycles. The van der Waals surface area contributed by atoms with E-state index in [0.29, 0.717) is 11.1 Å². The van der Waals surface area contributed by atoms with Crippen molar-refractivity contribution < 1.29 is 9.21 Å². The van der Waals surface area contributed by atoms with Gasteiger partial charge in [-0.2, -0.15) is 0 Å². The van der Waals surface area contributed by atoms with E-state index in [1.54, 1.807) is 0 Å². The largest absolute Gasteiger partial charge is 0.411 e. The number of carbonyl (C=O) groups excluding carboxylic acids is 1. The van der Waals surface area contributed by atoms with Crippen molar-refractivity contribution >= 4 is 17.7 Å². The summed E-state index contributed by atoms with van der Waals surface area (Å²) in [5.41, 5.74) is 3.10. The molecule has 0 aliphatic rings. The van der Waals surface area contributed by atoms with Crippen LogP contribution in [0.1, 0.15) is 36.9 Å². The second-order valence-corrected chi connectivity index (χ2v) is 7.22. The van der Waals surface area contributed by atoms with Crippen LogP contribution in [-0.2, 0) is 4.79 Å². The molecule has 0 spiro atoms. The van der Waals surface area contributed by atoms with Crippen LogP contribution in [0.25, 0.3) is 11.5 Å². The SMILES string of the molecule is CCC[C@H](NC(=O)CSc1nnc(-c2ccccc2C)o1)c1ccccc1. The Bertz CT molecular complexity index is 880. The third kappa shape index (κ3) is 5.20. The number of hydrogen-bond donors (Lipinski definition) is 1. The highest BCUT2D eigenvalue weighted by atomic mass is 32.2. The first-order chi connectivity index (χ1) is 13.2. The molecule has 0 saturated carbocycles. The molecular formula is C21H23N3O2S. The summed E-state index contributed by atoms with van der Waals surface area (Å²) in [5, 5.41) is 11.6. The van der Waals surface area contributed by atoms with Gasteiger partial charge in [0.25, 0.3) is 5.22 Å². The highest BCUT2D eigenvalue weighted by molar-refractivity contribution is 7.99. The van der Waals surface area contributed by atoms with Crippen molar-refractivity contribution in [2.45, 2.75) is 38.0 Å². The number of nitrogens with one attached hydrogen (secondary N) is 1. The van der Waals surface area contributed by atoms with Gasteiger partial charge in [0.1, 0.15) is 0 Å². The van der Waals surface area contributed by atoms with Crippen LogP contribution in [0.2, 0.25) is 0 Å². The summed E-state index contributed by atoms with van der Waals surface area (Å²) < 4.78 is 5.70. The van der Waals surface area contributed by atoms with Crippen molar-refractivity contribution in [3.8, 4) is 11.5 Å². The molecule has 0 radical (unpaired) electrons. The zero-order chi connectivity index (χ0) is 19.1. The van der Waals surface area contributed by atoms with Gasteiger partial charge in [-0.1, -0.05) is 73.6 Å². The van der Waals surface area contributed by atoms with Crippen LogP contribution < -0.4 is 5.32 Å². The van der Waals surface area contributed by atoms with Gasteiger partial charge < -0.3 is 9.73 Å². The third-order valence-corrected chi connectivity index (χ3v) is 5.04. The van der Waals surface area contributed by atoms with Crippen molar-refractivity contribution in [1.29, 1.82) is 0 Å². The maximum absolute atomic E-state index is 12.4. The summed E-state index contributed by atoms with van der Waals surface area (Å²) >= 11 is 1.25. The predicted octanol–water partition coefficient (Wildman–Crippen LogP) is 4.79. The molecule has 2 aromatic carbocycles. The molecule has 1 atom stereocenters. The average molecular weight is 382 g/mol. The van der Waals surface area contributed by atoms with Crippen LogP contribution in [0, 0.1) is 6.92 Å². The number of amides is 1. The molecule has 3 aromatic rings. The lowest BCUT2D eigenvalue weighted by Gasteiger charge is -2.18. The predicted molar refractivity (Wildman–Crippen MR) is 107 cm³/mol. The van der Waals surface area contributed by atoms with Crippen LogP contribution in [0.15, 0.2) is 64.2 Å². The molecular weight excluding hydrogens is 358 g/mol. The minimum Gasteiger partial charge on any atom is -0.411 e. The Morgan fingerprint density at radius 2 is 1.85 bits per heavy atom. The molecule has 140 valence electrons. The highest BCUT2D eigenvalue weighted by Gasteiger charge is 2.16. The molecule has 1 amide bonds. The molecule has 0 aliphatic heterocycles. The average Bonchev–Trinajstić information content (AvgIpc) is 3.16. The summed E-state index contributed by atoms with van der Waals surface area (Å²) in [6, 6.07) is 17.9. The first kappa shape index (κ1) is 19.2. The van der Waals surface area contributed by atoms with E-state index in [0.717, 1.165) is 29.5 Å². The van der Waals surface area contributed by atoms with E-state index in [4.69, 9.17) is 4.42 Å².